The molecule has 0 radical (unpaired) electrons. The Labute approximate surface area is 81.2 Å². The van der Waals surface area contributed by atoms with Gasteiger partial charge in [-0.05, 0) is 36.7 Å². The van der Waals surface area contributed by atoms with Gasteiger partial charge >= 0.3 is 0 Å². The molecule has 0 unspecified atom stereocenters. The zero-order valence-electron chi connectivity index (χ0n) is 7.32. The molecule has 2 nitrogen and oxygen atoms in total. The fourth-order valence-electron chi connectivity index (χ4n) is 1.24. The molecule has 0 saturated heterocycles. The first-order valence-corrected chi connectivity index (χ1v) is 4.82. The number of aromatic nitrogens is 1. The van der Waals surface area contributed by atoms with Gasteiger partial charge in [-0.15, -0.1) is 0 Å². The van der Waals surface area contributed by atoms with Crippen LogP contribution in [0.3, 0.4) is 0 Å². The lowest BCUT2D eigenvalue weighted by Gasteiger charge is -2.02. The molecule has 3 heteroatoms. The molecule has 0 atom stereocenters. The maximum atomic E-state index is 5.86. The van der Waals surface area contributed by atoms with Gasteiger partial charge in [-0.25, -0.2) is 4.37 Å². The van der Waals surface area contributed by atoms with Crippen molar-refractivity contribution in [2.24, 2.45) is 0 Å². The van der Waals surface area contributed by atoms with Gasteiger partial charge in [-0.3, -0.25) is 0 Å². The lowest BCUT2D eigenvalue weighted by Crippen LogP contribution is -1.88. The van der Waals surface area contributed by atoms with Crippen LogP contribution in [0.4, 0.5) is 5.69 Å². The number of nitrogens with zero attached hydrogens (tertiary/aromatic N) is 1. The molecule has 2 N–H and O–H groups in total. The summed E-state index contributed by atoms with van der Waals surface area (Å²) in [6.45, 7) is 2.06. The fraction of sp³-hybridized carbons (Fsp3) is 0.100. The van der Waals surface area contributed by atoms with Crippen LogP contribution in [0.2, 0.25) is 0 Å². The zero-order chi connectivity index (χ0) is 9.26. The molecule has 0 aliphatic heterocycles. The Hall–Kier alpha value is -1.35. The summed E-state index contributed by atoms with van der Waals surface area (Å²) in [6.07, 6.45) is 1.79. The Bertz CT molecular complexity index is 407. The molecule has 0 bridgehead atoms. The molecule has 0 saturated carbocycles. The average Bonchev–Trinajstić information content (AvgIpc) is 2.61. The van der Waals surface area contributed by atoms with Crippen LogP contribution < -0.4 is 5.73 Å². The highest BCUT2D eigenvalue weighted by molar-refractivity contribution is 7.09. The Morgan fingerprint density at radius 1 is 1.31 bits per heavy atom. The number of rotatable bonds is 1. The van der Waals surface area contributed by atoms with Crippen molar-refractivity contribution in [2.75, 3.05) is 5.73 Å². The summed E-state index contributed by atoms with van der Waals surface area (Å²) in [4.78, 5) is 1.13. The van der Waals surface area contributed by atoms with Gasteiger partial charge in [0.05, 0.1) is 4.88 Å². The lowest BCUT2D eigenvalue weighted by molar-refractivity contribution is 1.48. The second kappa shape index (κ2) is 3.18. The predicted molar refractivity (Wildman–Crippen MR) is 56.7 cm³/mol. The van der Waals surface area contributed by atoms with Gasteiger partial charge in [-0.2, -0.15) is 0 Å². The first-order valence-electron chi connectivity index (χ1n) is 4.04. The van der Waals surface area contributed by atoms with Crippen molar-refractivity contribution in [1.82, 2.24) is 4.37 Å². The van der Waals surface area contributed by atoms with Crippen molar-refractivity contribution in [1.29, 1.82) is 0 Å². The summed E-state index contributed by atoms with van der Waals surface area (Å²) >= 11 is 1.47. The maximum absolute atomic E-state index is 5.86. The highest BCUT2D eigenvalue weighted by atomic mass is 32.1. The first-order chi connectivity index (χ1) is 6.27. The number of benzene rings is 1. The quantitative estimate of drug-likeness (QED) is 0.702. The third-order valence-electron chi connectivity index (χ3n) is 1.91. The highest BCUT2D eigenvalue weighted by Gasteiger charge is 2.03. The Morgan fingerprint density at radius 3 is 2.85 bits per heavy atom. The van der Waals surface area contributed by atoms with E-state index in [1.807, 2.05) is 18.2 Å². The van der Waals surface area contributed by atoms with E-state index in [4.69, 9.17) is 5.73 Å². The molecule has 1 aromatic heterocycles. The molecule has 0 fully saturated rings. The van der Waals surface area contributed by atoms with Crippen molar-refractivity contribution in [3.05, 3.63) is 36.0 Å². The molecule has 66 valence electrons. The minimum Gasteiger partial charge on any atom is -0.398 e. The third kappa shape index (κ3) is 1.55. The van der Waals surface area contributed by atoms with Gasteiger partial charge < -0.3 is 5.73 Å². The number of aryl methyl sites for hydroxylation is 1. The zero-order valence-corrected chi connectivity index (χ0v) is 8.14. The van der Waals surface area contributed by atoms with E-state index in [1.54, 1.807) is 6.20 Å². The van der Waals surface area contributed by atoms with Crippen molar-refractivity contribution in [2.45, 2.75) is 6.92 Å². The largest absolute Gasteiger partial charge is 0.398 e. The highest BCUT2D eigenvalue weighted by Crippen LogP contribution is 2.28. The van der Waals surface area contributed by atoms with Crippen molar-refractivity contribution in [3.8, 4) is 10.4 Å². The summed E-state index contributed by atoms with van der Waals surface area (Å²) < 4.78 is 4.06. The second-order valence-electron chi connectivity index (χ2n) is 2.97. The molecular formula is C10H10N2S. The normalized spacial score (nSPS) is 10.2. The smallest absolute Gasteiger partial charge is 0.0570 e. The van der Waals surface area contributed by atoms with Crippen LogP contribution >= 0.6 is 11.5 Å². The van der Waals surface area contributed by atoms with Gasteiger partial charge in [0.15, 0.2) is 0 Å². The maximum Gasteiger partial charge on any atom is 0.0570 e. The second-order valence-corrected chi connectivity index (χ2v) is 3.80. The predicted octanol–water partition coefficient (Wildman–Crippen LogP) is 2.70. The van der Waals surface area contributed by atoms with Crippen LogP contribution in [0.5, 0.6) is 0 Å². The van der Waals surface area contributed by atoms with E-state index in [1.165, 1.54) is 17.1 Å². The number of hydrogen-bond acceptors (Lipinski definition) is 3. The van der Waals surface area contributed by atoms with Crippen LogP contribution in [0.15, 0.2) is 30.5 Å². The van der Waals surface area contributed by atoms with Gasteiger partial charge in [-0.1, -0.05) is 11.6 Å². The first kappa shape index (κ1) is 8.26. The van der Waals surface area contributed by atoms with E-state index in [0.717, 1.165) is 16.1 Å². The van der Waals surface area contributed by atoms with E-state index in [0.29, 0.717) is 0 Å². The van der Waals surface area contributed by atoms with Crippen LogP contribution in [-0.2, 0) is 0 Å². The standard InChI is InChI=1S/C10H10N2S/c1-7-2-3-9(11)8(6-7)10-4-5-12-13-10/h2-6H,11H2,1H3. The minimum atomic E-state index is 0.815. The minimum absolute atomic E-state index is 0.815. The Morgan fingerprint density at radius 2 is 2.15 bits per heavy atom. The molecule has 0 amide bonds. The topological polar surface area (TPSA) is 38.9 Å². The van der Waals surface area contributed by atoms with E-state index in [9.17, 15) is 0 Å². The van der Waals surface area contributed by atoms with Crippen LogP contribution in [0, 0.1) is 6.92 Å². The van der Waals surface area contributed by atoms with E-state index in [2.05, 4.69) is 17.4 Å². The van der Waals surface area contributed by atoms with Crippen molar-refractivity contribution >= 4 is 17.2 Å². The molecular weight excluding hydrogens is 180 g/mol. The average molecular weight is 190 g/mol. The van der Waals surface area contributed by atoms with Gasteiger partial charge in [0, 0.05) is 17.4 Å². The molecule has 2 rings (SSSR count). The summed E-state index contributed by atoms with van der Waals surface area (Å²) in [5.41, 5.74) is 8.98. The summed E-state index contributed by atoms with van der Waals surface area (Å²) in [5, 5.41) is 0. The number of hydrogen-bond donors (Lipinski definition) is 1. The van der Waals surface area contributed by atoms with Gasteiger partial charge in [0.25, 0.3) is 0 Å². The lowest BCUT2D eigenvalue weighted by atomic mass is 10.1. The third-order valence-corrected chi connectivity index (χ3v) is 2.69. The number of nitrogens with two attached hydrogens (primary N) is 1. The molecule has 0 spiro atoms. The fourth-order valence-corrected chi connectivity index (χ4v) is 1.87. The number of anilines is 1. The van der Waals surface area contributed by atoms with Gasteiger partial charge in [0.1, 0.15) is 0 Å². The molecule has 0 aliphatic carbocycles. The monoisotopic (exact) mass is 190 g/mol. The van der Waals surface area contributed by atoms with E-state index in [-0.39, 0.29) is 0 Å². The molecule has 0 aliphatic rings. The van der Waals surface area contributed by atoms with Crippen molar-refractivity contribution < 1.29 is 0 Å². The summed E-state index contributed by atoms with van der Waals surface area (Å²) in [5.74, 6) is 0. The van der Waals surface area contributed by atoms with E-state index < -0.39 is 0 Å². The Balaban J connectivity index is 2.57. The molecule has 13 heavy (non-hydrogen) atoms. The van der Waals surface area contributed by atoms with Crippen LogP contribution in [-0.4, -0.2) is 4.37 Å². The summed E-state index contributed by atoms with van der Waals surface area (Å²) in [7, 11) is 0. The van der Waals surface area contributed by atoms with Crippen LogP contribution in [0.1, 0.15) is 5.56 Å². The molecule has 1 heterocycles. The van der Waals surface area contributed by atoms with Gasteiger partial charge in [0.2, 0.25) is 0 Å². The van der Waals surface area contributed by atoms with Crippen LogP contribution in [0.25, 0.3) is 10.4 Å². The summed E-state index contributed by atoms with van der Waals surface area (Å²) in [6, 6.07) is 8.02. The molecule has 2 aromatic rings. The van der Waals surface area contributed by atoms with Crippen molar-refractivity contribution in [3.63, 3.8) is 0 Å². The van der Waals surface area contributed by atoms with E-state index >= 15 is 0 Å². The Kier molecular flexibility index (Phi) is 2.02. The SMILES string of the molecule is Cc1ccc(N)c(-c2ccns2)c1. The molecule has 1 aromatic carbocycles. The number of nitrogen functional groups attached to an aromatic ring is 1.